The monoisotopic (exact) mass is 315 g/mol. The second kappa shape index (κ2) is 6.58. The Morgan fingerprint density at radius 2 is 2.09 bits per heavy atom. The Morgan fingerprint density at radius 1 is 1.27 bits per heavy atom. The Morgan fingerprint density at radius 3 is 2.86 bits per heavy atom. The van der Waals surface area contributed by atoms with Crippen LogP contribution in [0.5, 0.6) is 0 Å². The van der Waals surface area contributed by atoms with E-state index < -0.39 is 6.10 Å². The molecule has 0 unspecified atom stereocenters. The molecule has 22 heavy (non-hydrogen) atoms. The lowest BCUT2D eigenvalue weighted by Gasteiger charge is -2.09. The van der Waals surface area contributed by atoms with Crippen LogP contribution in [0.4, 0.5) is 0 Å². The Hall–Kier alpha value is -2.40. The van der Waals surface area contributed by atoms with Gasteiger partial charge in [0.2, 0.25) is 6.10 Å². The van der Waals surface area contributed by atoms with Crippen LogP contribution in [0.2, 0.25) is 5.02 Å². The van der Waals surface area contributed by atoms with E-state index in [4.69, 9.17) is 16.4 Å². The van der Waals surface area contributed by atoms with Gasteiger partial charge in [0.1, 0.15) is 0 Å². The highest BCUT2D eigenvalue weighted by Crippen LogP contribution is 2.22. The van der Waals surface area contributed by atoms with Crippen LogP contribution in [0, 0.1) is 0 Å². The molecule has 0 saturated heterocycles. The lowest BCUT2D eigenvalue weighted by atomic mass is 10.0. The molecule has 1 aromatic carbocycles. The van der Waals surface area contributed by atoms with Crippen molar-refractivity contribution in [2.24, 2.45) is 5.16 Å². The third-order valence-electron chi connectivity index (χ3n) is 3.32. The minimum Gasteiger partial charge on any atom is -0.382 e. The molecule has 3 rings (SSSR count). The Kier molecular flexibility index (Phi) is 4.34. The minimum absolute atomic E-state index is 0.212. The third-order valence-corrected chi connectivity index (χ3v) is 3.65. The zero-order valence-corrected chi connectivity index (χ0v) is 12.5. The van der Waals surface area contributed by atoms with Gasteiger partial charge in [-0.2, -0.15) is 0 Å². The number of pyridine rings is 1. The molecule has 0 aliphatic carbocycles. The molecule has 1 N–H and O–H groups in total. The van der Waals surface area contributed by atoms with E-state index in [9.17, 15) is 4.79 Å². The summed E-state index contributed by atoms with van der Waals surface area (Å²) in [5, 5.41) is 7.37. The molecule has 0 saturated carbocycles. The molecule has 2 heterocycles. The molecule has 0 fully saturated rings. The first-order chi connectivity index (χ1) is 10.7. The van der Waals surface area contributed by atoms with Crippen molar-refractivity contribution in [1.29, 1.82) is 0 Å². The van der Waals surface area contributed by atoms with E-state index in [1.54, 1.807) is 12.3 Å². The van der Waals surface area contributed by atoms with Crippen molar-refractivity contribution >= 4 is 23.2 Å². The van der Waals surface area contributed by atoms with E-state index in [-0.39, 0.29) is 5.91 Å². The number of benzene rings is 1. The molecule has 1 aliphatic rings. The predicted octanol–water partition coefficient (Wildman–Crippen LogP) is 2.54. The van der Waals surface area contributed by atoms with Gasteiger partial charge in [-0.1, -0.05) is 41.0 Å². The average molecular weight is 316 g/mol. The van der Waals surface area contributed by atoms with Crippen molar-refractivity contribution in [2.45, 2.75) is 19.1 Å². The molecular weight excluding hydrogens is 302 g/mol. The fraction of sp³-hybridized carbons (Fsp3) is 0.188. The summed E-state index contributed by atoms with van der Waals surface area (Å²) in [6.07, 6.45) is 1.46. The maximum atomic E-state index is 12.1. The zero-order chi connectivity index (χ0) is 15.4. The highest BCUT2D eigenvalue weighted by atomic mass is 35.5. The van der Waals surface area contributed by atoms with Crippen LogP contribution in [-0.2, 0) is 16.2 Å². The van der Waals surface area contributed by atoms with Gasteiger partial charge in [0.05, 0.1) is 18.0 Å². The maximum Gasteiger partial charge on any atom is 0.264 e. The highest BCUT2D eigenvalue weighted by Gasteiger charge is 2.29. The van der Waals surface area contributed by atoms with E-state index in [1.165, 1.54) is 0 Å². The highest BCUT2D eigenvalue weighted by molar-refractivity contribution is 6.34. The van der Waals surface area contributed by atoms with Crippen molar-refractivity contribution < 1.29 is 9.63 Å². The van der Waals surface area contributed by atoms with Gasteiger partial charge in [0, 0.05) is 23.2 Å². The van der Waals surface area contributed by atoms with Crippen LogP contribution in [0.15, 0.2) is 53.8 Å². The van der Waals surface area contributed by atoms with Gasteiger partial charge in [0.25, 0.3) is 5.91 Å². The molecule has 1 atom stereocenters. The number of nitrogens with zero attached hydrogens (tertiary/aromatic N) is 2. The SMILES string of the molecule is O=C(NCc1ccccn1)[C@H]1CC(c2ccccc2Cl)=NO1. The Labute approximate surface area is 133 Å². The second-order valence-corrected chi connectivity index (χ2v) is 5.26. The molecule has 1 amide bonds. The number of carbonyl (C=O) groups excluding carboxylic acids is 1. The largest absolute Gasteiger partial charge is 0.382 e. The number of halogens is 1. The molecule has 112 valence electrons. The van der Waals surface area contributed by atoms with Gasteiger partial charge in [-0.15, -0.1) is 0 Å². The maximum absolute atomic E-state index is 12.1. The summed E-state index contributed by atoms with van der Waals surface area (Å²) in [5.74, 6) is -0.212. The van der Waals surface area contributed by atoms with Crippen LogP contribution in [0.25, 0.3) is 0 Å². The summed E-state index contributed by atoms with van der Waals surface area (Å²) in [7, 11) is 0. The lowest BCUT2D eigenvalue weighted by Crippen LogP contribution is -2.34. The van der Waals surface area contributed by atoms with Crippen molar-refractivity contribution in [3.63, 3.8) is 0 Å². The van der Waals surface area contributed by atoms with E-state index >= 15 is 0 Å². The van der Waals surface area contributed by atoms with Gasteiger partial charge < -0.3 is 10.2 Å². The Bertz CT molecular complexity index is 704. The molecule has 2 aromatic rings. The topological polar surface area (TPSA) is 63.6 Å². The summed E-state index contributed by atoms with van der Waals surface area (Å²) in [5.41, 5.74) is 2.27. The van der Waals surface area contributed by atoms with Gasteiger partial charge in [-0.3, -0.25) is 9.78 Å². The van der Waals surface area contributed by atoms with Gasteiger partial charge >= 0.3 is 0 Å². The van der Waals surface area contributed by atoms with Crippen LogP contribution < -0.4 is 5.32 Å². The van der Waals surface area contributed by atoms with Crippen LogP contribution in [0.3, 0.4) is 0 Å². The summed E-state index contributed by atoms with van der Waals surface area (Å²) < 4.78 is 0. The normalized spacial score (nSPS) is 16.8. The molecule has 0 spiro atoms. The molecule has 0 radical (unpaired) electrons. The van der Waals surface area contributed by atoms with Crippen LogP contribution in [0.1, 0.15) is 17.7 Å². The van der Waals surface area contributed by atoms with Crippen molar-refractivity contribution in [1.82, 2.24) is 10.3 Å². The molecule has 0 bridgehead atoms. The van der Waals surface area contributed by atoms with Crippen molar-refractivity contribution in [3.8, 4) is 0 Å². The fourth-order valence-corrected chi connectivity index (χ4v) is 2.41. The Balaban J connectivity index is 1.57. The smallest absolute Gasteiger partial charge is 0.264 e. The third kappa shape index (κ3) is 3.26. The fourth-order valence-electron chi connectivity index (χ4n) is 2.17. The van der Waals surface area contributed by atoms with Gasteiger partial charge in [0.15, 0.2) is 0 Å². The zero-order valence-electron chi connectivity index (χ0n) is 11.7. The molecule has 1 aromatic heterocycles. The first-order valence-electron chi connectivity index (χ1n) is 6.89. The van der Waals surface area contributed by atoms with Crippen LogP contribution in [-0.4, -0.2) is 22.7 Å². The number of aromatic nitrogens is 1. The predicted molar refractivity (Wildman–Crippen MR) is 83.6 cm³/mol. The average Bonchev–Trinajstić information content (AvgIpc) is 3.04. The first kappa shape index (κ1) is 14.5. The number of hydrogen-bond acceptors (Lipinski definition) is 4. The number of amides is 1. The van der Waals surface area contributed by atoms with E-state index in [0.717, 1.165) is 11.3 Å². The van der Waals surface area contributed by atoms with Gasteiger partial charge in [-0.25, -0.2) is 0 Å². The van der Waals surface area contributed by atoms with Crippen LogP contribution >= 0.6 is 11.6 Å². The second-order valence-electron chi connectivity index (χ2n) is 4.85. The lowest BCUT2D eigenvalue weighted by molar-refractivity contribution is -0.131. The van der Waals surface area contributed by atoms with E-state index in [1.807, 2.05) is 36.4 Å². The number of nitrogens with one attached hydrogen (secondary N) is 1. The molecule has 5 nitrogen and oxygen atoms in total. The molecular formula is C16H14ClN3O2. The van der Waals surface area contributed by atoms with Crippen molar-refractivity contribution in [2.75, 3.05) is 0 Å². The van der Waals surface area contributed by atoms with E-state index in [0.29, 0.717) is 23.7 Å². The van der Waals surface area contributed by atoms with E-state index in [2.05, 4.69) is 15.5 Å². The number of carbonyl (C=O) groups is 1. The first-order valence-corrected chi connectivity index (χ1v) is 7.27. The summed E-state index contributed by atoms with van der Waals surface area (Å²) in [6, 6.07) is 12.9. The minimum atomic E-state index is -0.630. The van der Waals surface area contributed by atoms with Gasteiger partial charge in [-0.05, 0) is 18.2 Å². The molecule has 6 heteroatoms. The number of oxime groups is 1. The summed E-state index contributed by atoms with van der Waals surface area (Å²) in [6.45, 7) is 0.362. The summed E-state index contributed by atoms with van der Waals surface area (Å²) in [4.78, 5) is 21.5. The number of rotatable bonds is 4. The van der Waals surface area contributed by atoms with Crippen molar-refractivity contribution in [3.05, 3.63) is 64.9 Å². The standard InChI is InChI=1S/C16H14ClN3O2/c17-13-7-2-1-6-12(13)14-9-15(22-20-14)16(21)19-10-11-5-3-4-8-18-11/h1-8,15H,9-10H2,(H,19,21)/t15-/m1/s1. The summed E-state index contributed by atoms with van der Waals surface area (Å²) >= 11 is 6.13. The number of hydrogen-bond donors (Lipinski definition) is 1. The molecule has 1 aliphatic heterocycles. The quantitative estimate of drug-likeness (QED) is 0.943.